The third-order valence-electron chi connectivity index (χ3n) is 3.84. The Morgan fingerprint density at radius 2 is 2.04 bits per heavy atom. The van der Waals surface area contributed by atoms with E-state index < -0.39 is 0 Å². The Morgan fingerprint density at radius 3 is 2.60 bits per heavy atom. The number of aliphatic hydroxyl groups excluding tert-OH is 1. The molecule has 1 N–H and O–H groups in total. The Hall–Kier alpha value is -2.51. The molecule has 0 radical (unpaired) electrons. The number of morpholine rings is 1. The summed E-state index contributed by atoms with van der Waals surface area (Å²) in [6.07, 6.45) is -0.366. The van der Waals surface area contributed by atoms with Gasteiger partial charge in [0.05, 0.1) is 36.6 Å². The second-order valence-electron chi connectivity index (χ2n) is 5.54. The van der Waals surface area contributed by atoms with Crippen LogP contribution in [0.5, 0.6) is 0 Å². The summed E-state index contributed by atoms with van der Waals surface area (Å²) in [6, 6.07) is 5.34. The molecule has 1 aliphatic heterocycles. The van der Waals surface area contributed by atoms with E-state index in [-0.39, 0.29) is 24.7 Å². The molecule has 0 spiro atoms. The summed E-state index contributed by atoms with van der Waals surface area (Å²) < 4.78 is 5.49. The van der Waals surface area contributed by atoms with Crippen LogP contribution in [0.15, 0.2) is 41.6 Å². The van der Waals surface area contributed by atoms with Crippen molar-refractivity contribution >= 4 is 25.0 Å². The van der Waals surface area contributed by atoms with Crippen LogP contribution in [0.2, 0.25) is 0 Å². The van der Waals surface area contributed by atoms with E-state index in [9.17, 15) is 9.90 Å². The number of benzene rings is 1. The minimum Gasteiger partial charge on any atom is -0.394 e. The van der Waals surface area contributed by atoms with Gasteiger partial charge in [-0.3, -0.25) is 4.79 Å². The first-order chi connectivity index (χ1) is 12.0. The fourth-order valence-electron chi connectivity index (χ4n) is 2.56. The van der Waals surface area contributed by atoms with Crippen LogP contribution in [0.1, 0.15) is 22.8 Å². The summed E-state index contributed by atoms with van der Waals surface area (Å²) >= 11 is 0. The van der Waals surface area contributed by atoms with E-state index in [0.717, 1.165) is 5.56 Å². The average Bonchev–Trinajstić information content (AvgIpc) is 2.65. The maximum atomic E-state index is 13.0. The molecule has 0 aromatic heterocycles. The van der Waals surface area contributed by atoms with E-state index in [2.05, 4.69) is 36.8 Å². The fourth-order valence-corrected chi connectivity index (χ4v) is 2.56. The Kier molecular flexibility index (Phi) is 7.97. The van der Waals surface area contributed by atoms with Crippen molar-refractivity contribution in [3.63, 3.8) is 0 Å². The van der Waals surface area contributed by atoms with E-state index in [1.807, 2.05) is 19.9 Å². The molecule has 1 saturated heterocycles. The lowest BCUT2D eigenvalue weighted by molar-refractivity contribution is -0.0667. The number of hydrogen-bond donors (Lipinski definition) is 1. The molecule has 25 heavy (non-hydrogen) atoms. The number of carbonyl (C=O) groups excluding carboxylic acids is 1. The highest BCUT2D eigenvalue weighted by Crippen LogP contribution is 2.26. The Labute approximate surface area is 148 Å². The van der Waals surface area contributed by atoms with Crippen molar-refractivity contribution < 1.29 is 14.6 Å². The molecule has 1 aliphatic rings. The molecule has 7 heteroatoms. The van der Waals surface area contributed by atoms with Crippen molar-refractivity contribution in [1.29, 1.82) is 0 Å². The second-order valence-corrected chi connectivity index (χ2v) is 5.54. The van der Waals surface area contributed by atoms with Crippen LogP contribution >= 0.6 is 0 Å². The maximum Gasteiger partial charge on any atom is 0.256 e. The van der Waals surface area contributed by atoms with Gasteiger partial charge in [-0.15, -0.1) is 13.2 Å². The van der Waals surface area contributed by atoms with E-state index in [1.54, 1.807) is 17.0 Å². The minimum absolute atomic E-state index is 0.0829. The molecule has 136 valence electrons. The molecule has 1 amide bonds. The van der Waals surface area contributed by atoms with Gasteiger partial charge in [0.25, 0.3) is 5.91 Å². The molecule has 1 aromatic carbocycles. The molecule has 1 unspecified atom stereocenters. The van der Waals surface area contributed by atoms with Gasteiger partial charge in [0.2, 0.25) is 0 Å². The highest BCUT2D eigenvalue weighted by molar-refractivity contribution is 6.00. The van der Waals surface area contributed by atoms with Crippen molar-refractivity contribution in [2.75, 3.05) is 24.9 Å². The van der Waals surface area contributed by atoms with Crippen LogP contribution in [-0.2, 0) is 4.74 Å². The monoisotopic (exact) mass is 346 g/mol. The first-order valence-electron chi connectivity index (χ1n) is 7.89. The van der Waals surface area contributed by atoms with Gasteiger partial charge in [0.1, 0.15) is 0 Å². The van der Waals surface area contributed by atoms with Crippen LogP contribution in [0.3, 0.4) is 0 Å². The van der Waals surface area contributed by atoms with Crippen LogP contribution in [0, 0.1) is 6.92 Å². The van der Waals surface area contributed by atoms with E-state index >= 15 is 0 Å². The molecule has 7 nitrogen and oxygen atoms in total. The SMILES string of the molecule is C=C.C=NN(N=C)c1ccc(C)cc1C(=O)N1C[C@H](CO)OCC1C. The van der Waals surface area contributed by atoms with Gasteiger partial charge >= 0.3 is 0 Å². The van der Waals surface area contributed by atoms with Gasteiger partial charge in [-0.2, -0.15) is 15.3 Å². The number of nitrogens with zero attached hydrogens (tertiary/aromatic N) is 4. The summed E-state index contributed by atoms with van der Waals surface area (Å²) in [5.41, 5.74) is 1.94. The van der Waals surface area contributed by atoms with Gasteiger partial charge < -0.3 is 14.7 Å². The van der Waals surface area contributed by atoms with Gasteiger partial charge in [0.15, 0.2) is 0 Å². The molecule has 1 heterocycles. The standard InChI is InChI=1S/C16H22N4O3.C2H4/c1-11-5-6-15(20(17-3)18-4)14(7-11)16(22)19-8-13(9-21)23-10-12(19)2;1-2/h5-7,12-13,21H,3-4,8-10H2,1-2H3;1-2H2/t12?,13-;/m1./s1. The predicted octanol–water partition coefficient (Wildman–Crippen LogP) is 2.06. The number of ether oxygens (including phenoxy) is 1. The number of carbonyl (C=O) groups is 1. The number of amides is 1. The lowest BCUT2D eigenvalue weighted by Gasteiger charge is -2.37. The average molecular weight is 346 g/mol. The van der Waals surface area contributed by atoms with Gasteiger partial charge in [-0.25, -0.2) is 0 Å². The summed E-state index contributed by atoms with van der Waals surface area (Å²) in [6.45, 7) is 17.3. The zero-order chi connectivity index (χ0) is 19.0. The zero-order valence-corrected chi connectivity index (χ0v) is 14.9. The lowest BCUT2D eigenvalue weighted by Crippen LogP contribution is -2.52. The Morgan fingerprint density at radius 1 is 1.40 bits per heavy atom. The summed E-state index contributed by atoms with van der Waals surface area (Å²) in [7, 11) is 0. The normalized spacial score (nSPS) is 19.4. The van der Waals surface area contributed by atoms with Gasteiger partial charge in [-0.1, -0.05) is 11.6 Å². The smallest absolute Gasteiger partial charge is 0.256 e. The molecule has 2 atom stereocenters. The quantitative estimate of drug-likeness (QED) is 0.503. The van der Waals surface area contributed by atoms with Crippen LogP contribution in [0.4, 0.5) is 5.69 Å². The van der Waals surface area contributed by atoms with Crippen molar-refractivity contribution in [3.05, 3.63) is 42.5 Å². The second kappa shape index (κ2) is 9.71. The molecule has 1 aromatic rings. The number of anilines is 1. The molecular formula is C18H26N4O3. The topological polar surface area (TPSA) is 77.7 Å². The molecular weight excluding hydrogens is 320 g/mol. The number of aliphatic hydroxyl groups is 1. The van der Waals surface area contributed by atoms with E-state index in [1.165, 1.54) is 5.12 Å². The fraction of sp³-hybridized carbons (Fsp3) is 0.389. The van der Waals surface area contributed by atoms with Gasteiger partial charge in [0, 0.05) is 20.0 Å². The number of hydrazone groups is 2. The van der Waals surface area contributed by atoms with Crippen LogP contribution < -0.4 is 5.12 Å². The zero-order valence-electron chi connectivity index (χ0n) is 14.9. The largest absolute Gasteiger partial charge is 0.394 e. The van der Waals surface area contributed by atoms with Gasteiger partial charge in [-0.05, 0) is 26.0 Å². The number of aryl methyl sites for hydroxylation is 1. The van der Waals surface area contributed by atoms with Crippen LogP contribution in [0.25, 0.3) is 0 Å². The Bertz CT molecular complexity index is 612. The van der Waals surface area contributed by atoms with Crippen molar-refractivity contribution in [1.82, 2.24) is 4.90 Å². The molecule has 2 rings (SSSR count). The van der Waals surface area contributed by atoms with Crippen molar-refractivity contribution in [3.8, 4) is 0 Å². The molecule has 0 bridgehead atoms. The number of rotatable bonds is 5. The highest BCUT2D eigenvalue weighted by Gasteiger charge is 2.31. The van der Waals surface area contributed by atoms with Crippen LogP contribution in [-0.4, -0.2) is 61.3 Å². The minimum atomic E-state index is -0.366. The summed E-state index contributed by atoms with van der Waals surface area (Å²) in [4.78, 5) is 14.7. The maximum absolute atomic E-state index is 13.0. The first kappa shape index (κ1) is 20.5. The van der Waals surface area contributed by atoms with Crippen molar-refractivity contribution in [2.24, 2.45) is 10.2 Å². The summed E-state index contributed by atoms with van der Waals surface area (Å²) in [5.74, 6) is -0.157. The molecule has 0 aliphatic carbocycles. The third-order valence-corrected chi connectivity index (χ3v) is 3.84. The third kappa shape index (κ3) is 4.74. The van der Waals surface area contributed by atoms with Crippen molar-refractivity contribution in [2.45, 2.75) is 26.0 Å². The molecule has 0 saturated carbocycles. The first-order valence-corrected chi connectivity index (χ1v) is 7.89. The lowest BCUT2D eigenvalue weighted by atomic mass is 10.1. The molecule has 1 fully saturated rings. The predicted molar refractivity (Wildman–Crippen MR) is 101 cm³/mol. The Balaban J connectivity index is 0.00000151. The summed E-state index contributed by atoms with van der Waals surface area (Å²) in [5, 5.41) is 18.0. The highest BCUT2D eigenvalue weighted by atomic mass is 16.5. The van der Waals surface area contributed by atoms with E-state index in [0.29, 0.717) is 24.4 Å². The number of hydrogen-bond acceptors (Lipinski definition) is 6. The van der Waals surface area contributed by atoms with E-state index in [4.69, 9.17) is 4.74 Å².